The van der Waals surface area contributed by atoms with E-state index in [4.69, 9.17) is 25.6 Å². The Hall–Kier alpha value is -2.35. The van der Waals surface area contributed by atoms with Gasteiger partial charge in [0.15, 0.2) is 0 Å². The molecule has 1 unspecified atom stereocenters. The maximum absolute atomic E-state index is 10.8. The van der Waals surface area contributed by atoms with Crippen LogP contribution in [0.1, 0.15) is 0 Å². The fraction of sp³-hybridized carbons (Fsp3) is 0.0625. The van der Waals surface area contributed by atoms with E-state index in [-0.39, 0.29) is 5.02 Å². The molecule has 0 aliphatic carbocycles. The van der Waals surface area contributed by atoms with E-state index in [1.54, 1.807) is 37.6 Å². The molecule has 2 N–H and O–H groups in total. The molecule has 0 saturated heterocycles. The molecule has 24 heavy (non-hydrogen) atoms. The Morgan fingerprint density at radius 2 is 1.96 bits per heavy atom. The van der Waals surface area contributed by atoms with Crippen LogP contribution in [0.4, 0.5) is 5.69 Å². The van der Waals surface area contributed by atoms with E-state index in [0.717, 1.165) is 10.9 Å². The zero-order chi connectivity index (χ0) is 17.1. The molecule has 1 aromatic heterocycles. The average molecular weight is 365 g/mol. The van der Waals surface area contributed by atoms with Gasteiger partial charge >= 0.3 is 0 Å². The molecule has 8 heteroatoms. The van der Waals surface area contributed by atoms with Gasteiger partial charge in [0.05, 0.1) is 23.3 Å². The zero-order valence-corrected chi connectivity index (χ0v) is 14.1. The summed E-state index contributed by atoms with van der Waals surface area (Å²) in [7, 11) is 1.60. The number of rotatable bonds is 5. The summed E-state index contributed by atoms with van der Waals surface area (Å²) in [6, 6.07) is 12.0. The van der Waals surface area contributed by atoms with Gasteiger partial charge in [-0.3, -0.25) is 14.3 Å². The standard InChI is InChI=1S/C16H13ClN2O4S/c1-22-10-2-4-12-15(9-10)18-7-6-16(12)23-11-3-5-14(13(17)8-11)19-24(20)21/h2-9,19H,1H3,(H,20,21). The molecule has 0 radical (unpaired) electrons. The summed E-state index contributed by atoms with van der Waals surface area (Å²) < 4.78 is 33.0. The molecule has 0 aliphatic rings. The Morgan fingerprint density at radius 3 is 2.67 bits per heavy atom. The predicted molar refractivity (Wildman–Crippen MR) is 94.2 cm³/mol. The van der Waals surface area contributed by atoms with Crippen molar-refractivity contribution in [1.29, 1.82) is 0 Å². The summed E-state index contributed by atoms with van der Waals surface area (Å²) in [5.41, 5.74) is 1.08. The molecule has 3 aromatic rings. The fourth-order valence-electron chi connectivity index (χ4n) is 2.18. The summed E-state index contributed by atoms with van der Waals surface area (Å²) in [5.74, 6) is 1.82. The highest BCUT2D eigenvalue weighted by Crippen LogP contribution is 2.33. The van der Waals surface area contributed by atoms with Gasteiger partial charge in [-0.15, -0.1) is 0 Å². The van der Waals surface area contributed by atoms with Gasteiger partial charge in [-0.25, -0.2) is 4.21 Å². The average Bonchev–Trinajstić information content (AvgIpc) is 2.57. The Morgan fingerprint density at radius 1 is 1.17 bits per heavy atom. The number of ether oxygens (including phenoxy) is 2. The predicted octanol–water partition coefficient (Wildman–Crippen LogP) is 4.24. The first-order valence-corrected chi connectivity index (χ1v) is 8.33. The van der Waals surface area contributed by atoms with Crippen LogP contribution in [0.5, 0.6) is 17.2 Å². The normalized spacial score (nSPS) is 12.0. The molecule has 1 atom stereocenters. The van der Waals surface area contributed by atoms with Crippen LogP contribution in [0, 0.1) is 0 Å². The van der Waals surface area contributed by atoms with Crippen LogP contribution in [-0.4, -0.2) is 20.9 Å². The number of pyridine rings is 1. The smallest absolute Gasteiger partial charge is 0.259 e. The van der Waals surface area contributed by atoms with Crippen molar-refractivity contribution in [1.82, 2.24) is 4.98 Å². The lowest BCUT2D eigenvalue weighted by Crippen LogP contribution is -2.02. The van der Waals surface area contributed by atoms with Gasteiger partial charge in [-0.1, -0.05) is 11.6 Å². The van der Waals surface area contributed by atoms with E-state index < -0.39 is 11.3 Å². The third-order valence-electron chi connectivity index (χ3n) is 3.28. The van der Waals surface area contributed by atoms with Crippen LogP contribution in [0.15, 0.2) is 48.7 Å². The highest BCUT2D eigenvalue weighted by molar-refractivity contribution is 7.80. The van der Waals surface area contributed by atoms with Crippen LogP contribution in [-0.2, 0) is 11.3 Å². The number of nitrogens with one attached hydrogen (secondary N) is 1. The molecule has 0 amide bonds. The SMILES string of the molecule is COc1ccc2c(Oc3ccc(NS(=O)O)c(Cl)c3)ccnc2c1. The van der Waals surface area contributed by atoms with Crippen LogP contribution in [0.2, 0.25) is 5.02 Å². The molecular formula is C16H13ClN2O4S. The summed E-state index contributed by atoms with van der Waals surface area (Å²) >= 11 is 3.89. The maximum atomic E-state index is 10.8. The van der Waals surface area contributed by atoms with Crippen molar-refractivity contribution in [3.8, 4) is 17.2 Å². The van der Waals surface area contributed by atoms with Crippen LogP contribution in [0.25, 0.3) is 10.9 Å². The van der Waals surface area contributed by atoms with Crippen LogP contribution in [0.3, 0.4) is 0 Å². The molecule has 6 nitrogen and oxygen atoms in total. The van der Waals surface area contributed by atoms with E-state index >= 15 is 0 Å². The van der Waals surface area contributed by atoms with Crippen molar-refractivity contribution < 1.29 is 18.2 Å². The molecule has 1 heterocycles. The number of hydrogen-bond donors (Lipinski definition) is 2. The van der Waals surface area contributed by atoms with Crippen LogP contribution < -0.4 is 14.2 Å². The van der Waals surface area contributed by atoms with E-state index in [2.05, 4.69) is 9.71 Å². The second-order valence-electron chi connectivity index (χ2n) is 4.79. The van der Waals surface area contributed by atoms with Gasteiger partial charge in [0.25, 0.3) is 11.3 Å². The lowest BCUT2D eigenvalue weighted by molar-refractivity contribution is 0.415. The second-order valence-corrected chi connectivity index (χ2v) is 5.90. The summed E-state index contributed by atoms with van der Waals surface area (Å²) in [6.45, 7) is 0. The Labute approximate surface area is 145 Å². The maximum Gasteiger partial charge on any atom is 0.259 e. The monoisotopic (exact) mass is 364 g/mol. The van der Waals surface area contributed by atoms with Gasteiger partial charge in [0.2, 0.25) is 0 Å². The van der Waals surface area contributed by atoms with E-state index in [9.17, 15) is 4.21 Å². The minimum atomic E-state index is -2.19. The van der Waals surface area contributed by atoms with Gasteiger partial charge in [-0.05, 0) is 30.3 Å². The Bertz CT molecular complexity index is 920. The highest BCUT2D eigenvalue weighted by atomic mass is 35.5. The van der Waals surface area contributed by atoms with Crippen molar-refractivity contribution in [3.63, 3.8) is 0 Å². The van der Waals surface area contributed by atoms with Crippen molar-refractivity contribution in [2.24, 2.45) is 0 Å². The van der Waals surface area contributed by atoms with Gasteiger partial charge < -0.3 is 9.47 Å². The lowest BCUT2D eigenvalue weighted by Gasteiger charge is -2.11. The molecular weight excluding hydrogens is 352 g/mol. The van der Waals surface area contributed by atoms with Crippen molar-refractivity contribution in [2.75, 3.05) is 11.8 Å². The molecule has 0 spiro atoms. The van der Waals surface area contributed by atoms with Gasteiger partial charge in [0, 0.05) is 23.7 Å². The summed E-state index contributed by atoms with van der Waals surface area (Å²) in [5, 5.41) is 1.10. The number of nitrogens with zero attached hydrogens (tertiary/aromatic N) is 1. The molecule has 0 aliphatic heterocycles. The van der Waals surface area contributed by atoms with Crippen molar-refractivity contribution >= 4 is 39.5 Å². The lowest BCUT2D eigenvalue weighted by atomic mass is 10.2. The van der Waals surface area contributed by atoms with Gasteiger partial charge in [0.1, 0.15) is 17.2 Å². The molecule has 124 valence electrons. The number of hydrogen-bond acceptors (Lipinski definition) is 4. The number of benzene rings is 2. The van der Waals surface area contributed by atoms with Gasteiger partial charge in [-0.2, -0.15) is 0 Å². The fourth-order valence-corrected chi connectivity index (χ4v) is 2.82. The number of aromatic nitrogens is 1. The zero-order valence-electron chi connectivity index (χ0n) is 12.5. The first kappa shape index (κ1) is 16.5. The Kier molecular flexibility index (Phi) is 4.84. The summed E-state index contributed by atoms with van der Waals surface area (Å²) in [4.78, 5) is 4.30. The number of halogens is 1. The number of fused-ring (bicyclic) bond motifs is 1. The quantitative estimate of drug-likeness (QED) is 0.662. The third kappa shape index (κ3) is 3.59. The minimum Gasteiger partial charge on any atom is -0.497 e. The highest BCUT2D eigenvalue weighted by Gasteiger charge is 2.08. The van der Waals surface area contributed by atoms with E-state index in [1.165, 1.54) is 0 Å². The first-order valence-electron chi connectivity index (χ1n) is 6.84. The number of anilines is 1. The largest absolute Gasteiger partial charge is 0.497 e. The Balaban J connectivity index is 1.92. The second kappa shape index (κ2) is 7.04. The molecule has 3 rings (SSSR count). The molecule has 2 aromatic carbocycles. The summed E-state index contributed by atoms with van der Waals surface area (Å²) in [6.07, 6.45) is 1.64. The van der Waals surface area contributed by atoms with E-state index in [1.807, 2.05) is 18.2 Å². The molecule has 0 fully saturated rings. The first-order chi connectivity index (χ1) is 11.6. The number of methoxy groups -OCH3 is 1. The van der Waals surface area contributed by atoms with Crippen LogP contribution >= 0.6 is 11.6 Å². The molecule has 0 bridgehead atoms. The third-order valence-corrected chi connectivity index (χ3v) is 3.98. The minimum absolute atomic E-state index is 0.273. The van der Waals surface area contributed by atoms with E-state index in [0.29, 0.717) is 22.9 Å². The van der Waals surface area contributed by atoms with Crippen molar-refractivity contribution in [2.45, 2.75) is 0 Å². The van der Waals surface area contributed by atoms with Crippen molar-refractivity contribution in [3.05, 3.63) is 53.7 Å². The molecule has 0 saturated carbocycles. The topological polar surface area (TPSA) is 80.7 Å².